The SMILES string of the molecule is Cc1ccccc1[C@@H](NC(=O)[C@@H]1CCCN(S(=O)(=O)c2ccc(Cl)cc2)C1)c1ccccc1. The van der Waals surface area contributed by atoms with Gasteiger partial charge in [0.2, 0.25) is 15.9 Å². The van der Waals surface area contributed by atoms with Gasteiger partial charge in [-0.25, -0.2) is 8.42 Å². The van der Waals surface area contributed by atoms with E-state index in [2.05, 4.69) is 5.32 Å². The Morgan fingerprint density at radius 3 is 2.36 bits per heavy atom. The van der Waals surface area contributed by atoms with Gasteiger partial charge >= 0.3 is 0 Å². The van der Waals surface area contributed by atoms with Crippen LogP contribution in [0.3, 0.4) is 0 Å². The lowest BCUT2D eigenvalue weighted by Crippen LogP contribution is -2.46. The van der Waals surface area contributed by atoms with Gasteiger partial charge < -0.3 is 5.32 Å². The molecule has 0 saturated carbocycles. The van der Waals surface area contributed by atoms with Crippen LogP contribution in [0.25, 0.3) is 0 Å². The van der Waals surface area contributed by atoms with Crippen molar-refractivity contribution < 1.29 is 13.2 Å². The lowest BCUT2D eigenvalue weighted by Gasteiger charge is -2.32. The summed E-state index contributed by atoms with van der Waals surface area (Å²) in [7, 11) is -3.69. The van der Waals surface area contributed by atoms with Crippen LogP contribution in [-0.4, -0.2) is 31.7 Å². The zero-order valence-electron chi connectivity index (χ0n) is 18.4. The Bertz CT molecular complexity index is 1210. The highest BCUT2D eigenvalue weighted by Gasteiger charge is 2.34. The van der Waals surface area contributed by atoms with Crippen molar-refractivity contribution in [3.63, 3.8) is 0 Å². The molecule has 1 aliphatic heterocycles. The first-order valence-corrected chi connectivity index (χ1v) is 12.8. The summed E-state index contributed by atoms with van der Waals surface area (Å²) in [5.74, 6) is -0.556. The van der Waals surface area contributed by atoms with Gasteiger partial charge in [0.1, 0.15) is 0 Å². The first-order chi connectivity index (χ1) is 15.9. The zero-order chi connectivity index (χ0) is 23.4. The Balaban J connectivity index is 1.55. The van der Waals surface area contributed by atoms with Gasteiger partial charge in [-0.3, -0.25) is 4.79 Å². The van der Waals surface area contributed by atoms with Gasteiger partial charge in [0, 0.05) is 18.1 Å². The molecule has 3 aromatic rings. The monoisotopic (exact) mass is 482 g/mol. The standard InChI is InChI=1S/C26H27ClN2O3S/c1-19-8-5-6-12-24(19)25(20-9-3-2-4-10-20)28-26(30)21-11-7-17-29(18-21)33(31,32)23-15-13-22(27)14-16-23/h2-6,8-10,12-16,21,25H,7,11,17-18H2,1H3,(H,28,30)/t21-,25+/m1/s1. The van der Waals surface area contributed by atoms with Crippen LogP contribution in [0, 0.1) is 12.8 Å². The van der Waals surface area contributed by atoms with E-state index in [0.717, 1.165) is 16.7 Å². The molecule has 0 aliphatic carbocycles. The molecular weight excluding hydrogens is 456 g/mol. The Hall–Kier alpha value is -2.67. The number of hydrogen-bond acceptors (Lipinski definition) is 3. The smallest absolute Gasteiger partial charge is 0.243 e. The Labute approximate surface area is 200 Å². The van der Waals surface area contributed by atoms with Gasteiger partial charge in [-0.05, 0) is 60.7 Å². The molecule has 0 bridgehead atoms. The van der Waals surface area contributed by atoms with Gasteiger partial charge in [-0.15, -0.1) is 0 Å². The number of carbonyl (C=O) groups excluding carboxylic acids is 1. The summed E-state index contributed by atoms with van der Waals surface area (Å²) in [6.45, 7) is 2.58. The van der Waals surface area contributed by atoms with Gasteiger partial charge in [0.25, 0.3) is 0 Å². The van der Waals surface area contributed by atoms with Crippen molar-refractivity contribution in [2.75, 3.05) is 13.1 Å². The quantitative estimate of drug-likeness (QED) is 0.540. The van der Waals surface area contributed by atoms with E-state index in [1.807, 2.05) is 61.5 Å². The van der Waals surface area contributed by atoms with Crippen LogP contribution in [0.5, 0.6) is 0 Å². The fourth-order valence-electron chi connectivity index (χ4n) is 4.29. The summed E-state index contributed by atoms with van der Waals surface area (Å²) in [6.07, 6.45) is 1.28. The molecule has 7 heteroatoms. The number of piperidine rings is 1. The van der Waals surface area contributed by atoms with Crippen LogP contribution in [0.4, 0.5) is 0 Å². The maximum absolute atomic E-state index is 13.4. The highest BCUT2D eigenvalue weighted by Crippen LogP contribution is 2.28. The molecule has 1 saturated heterocycles. The molecule has 0 radical (unpaired) electrons. The van der Waals surface area contributed by atoms with E-state index in [1.165, 1.54) is 16.4 Å². The van der Waals surface area contributed by atoms with E-state index in [4.69, 9.17) is 11.6 Å². The molecule has 1 fully saturated rings. The van der Waals surface area contributed by atoms with Gasteiger partial charge in [-0.1, -0.05) is 66.2 Å². The summed E-state index contributed by atoms with van der Waals surface area (Å²) < 4.78 is 27.7. The molecule has 4 rings (SSSR count). The van der Waals surface area contributed by atoms with E-state index in [0.29, 0.717) is 24.4 Å². The van der Waals surface area contributed by atoms with E-state index < -0.39 is 15.9 Å². The summed E-state index contributed by atoms with van der Waals surface area (Å²) >= 11 is 5.91. The maximum atomic E-state index is 13.4. The van der Waals surface area contributed by atoms with Crippen LogP contribution in [0.1, 0.15) is 35.6 Å². The van der Waals surface area contributed by atoms with E-state index in [1.54, 1.807) is 12.1 Å². The number of nitrogens with zero attached hydrogens (tertiary/aromatic N) is 1. The topological polar surface area (TPSA) is 66.5 Å². The lowest BCUT2D eigenvalue weighted by molar-refractivity contribution is -0.126. The van der Waals surface area contributed by atoms with Gasteiger partial charge in [-0.2, -0.15) is 4.31 Å². The molecule has 1 amide bonds. The van der Waals surface area contributed by atoms with Crippen LogP contribution in [-0.2, 0) is 14.8 Å². The third-order valence-corrected chi connectivity index (χ3v) is 8.26. The number of nitrogens with one attached hydrogen (secondary N) is 1. The summed E-state index contributed by atoms with van der Waals surface area (Å²) in [6, 6.07) is 23.7. The molecule has 0 spiro atoms. The molecule has 5 nitrogen and oxygen atoms in total. The number of halogens is 1. The first kappa shape index (κ1) is 23.5. The number of sulfonamides is 1. The average molecular weight is 483 g/mol. The van der Waals surface area contributed by atoms with Crippen LogP contribution < -0.4 is 5.32 Å². The Kier molecular flexibility index (Phi) is 7.17. The number of amides is 1. The van der Waals surface area contributed by atoms with Crippen molar-refractivity contribution in [2.45, 2.75) is 30.7 Å². The van der Waals surface area contributed by atoms with Crippen molar-refractivity contribution in [3.05, 3.63) is 101 Å². The maximum Gasteiger partial charge on any atom is 0.243 e. The van der Waals surface area contributed by atoms with E-state index >= 15 is 0 Å². The van der Waals surface area contributed by atoms with Crippen LogP contribution >= 0.6 is 11.6 Å². The molecule has 33 heavy (non-hydrogen) atoms. The second kappa shape index (κ2) is 10.1. The van der Waals surface area contributed by atoms with Crippen molar-refractivity contribution in [3.8, 4) is 0 Å². The molecular formula is C26H27ClN2O3S. The minimum absolute atomic E-state index is 0.136. The largest absolute Gasteiger partial charge is 0.345 e. The van der Waals surface area contributed by atoms with Crippen molar-refractivity contribution in [1.82, 2.24) is 9.62 Å². The molecule has 3 aromatic carbocycles. The summed E-state index contributed by atoms with van der Waals surface area (Å²) in [5.41, 5.74) is 3.10. The number of aryl methyl sites for hydroxylation is 1. The van der Waals surface area contributed by atoms with E-state index in [-0.39, 0.29) is 23.4 Å². The second-order valence-electron chi connectivity index (χ2n) is 8.36. The minimum atomic E-state index is -3.69. The van der Waals surface area contributed by atoms with Crippen molar-refractivity contribution >= 4 is 27.5 Å². The Morgan fingerprint density at radius 1 is 1.00 bits per heavy atom. The normalized spacial score (nSPS) is 17.9. The van der Waals surface area contributed by atoms with Gasteiger partial charge in [0.05, 0.1) is 16.9 Å². The first-order valence-electron chi connectivity index (χ1n) is 11.0. The average Bonchev–Trinajstić information content (AvgIpc) is 2.84. The molecule has 1 aliphatic rings. The predicted molar refractivity (Wildman–Crippen MR) is 131 cm³/mol. The third kappa shape index (κ3) is 5.29. The molecule has 1 N–H and O–H groups in total. The van der Waals surface area contributed by atoms with E-state index in [9.17, 15) is 13.2 Å². The molecule has 1 heterocycles. The molecule has 0 aromatic heterocycles. The number of rotatable bonds is 6. The Morgan fingerprint density at radius 2 is 1.67 bits per heavy atom. The summed E-state index contributed by atoms with van der Waals surface area (Å²) in [5, 5.41) is 3.68. The molecule has 172 valence electrons. The number of carbonyl (C=O) groups is 1. The van der Waals surface area contributed by atoms with Crippen molar-refractivity contribution in [1.29, 1.82) is 0 Å². The fourth-order valence-corrected chi connectivity index (χ4v) is 5.94. The number of hydrogen-bond donors (Lipinski definition) is 1. The third-order valence-electron chi connectivity index (χ3n) is 6.13. The molecule has 2 atom stereocenters. The highest BCUT2D eigenvalue weighted by molar-refractivity contribution is 7.89. The van der Waals surface area contributed by atoms with Gasteiger partial charge in [0.15, 0.2) is 0 Å². The zero-order valence-corrected chi connectivity index (χ0v) is 20.0. The lowest BCUT2D eigenvalue weighted by atomic mass is 9.93. The second-order valence-corrected chi connectivity index (χ2v) is 10.7. The minimum Gasteiger partial charge on any atom is -0.345 e. The molecule has 0 unspecified atom stereocenters. The highest BCUT2D eigenvalue weighted by atomic mass is 35.5. The summed E-state index contributed by atoms with van der Waals surface area (Å²) in [4.78, 5) is 13.6. The predicted octanol–water partition coefficient (Wildman–Crippen LogP) is 4.95. The fraction of sp³-hybridized carbons (Fsp3) is 0.269. The number of benzene rings is 3. The van der Waals surface area contributed by atoms with Crippen LogP contribution in [0.15, 0.2) is 83.8 Å². The van der Waals surface area contributed by atoms with Crippen LogP contribution in [0.2, 0.25) is 5.02 Å². The van der Waals surface area contributed by atoms with Crippen molar-refractivity contribution in [2.24, 2.45) is 5.92 Å².